The lowest BCUT2D eigenvalue weighted by molar-refractivity contribution is 0.106. The maximum Gasteiger partial charge on any atom is 0.245 e. The maximum absolute atomic E-state index is 13.3. The number of pyridine rings is 1. The van der Waals surface area contributed by atoms with Gasteiger partial charge >= 0.3 is 0 Å². The van der Waals surface area contributed by atoms with Crippen molar-refractivity contribution in [2.24, 2.45) is 0 Å². The minimum atomic E-state index is -3.68. The molecular formula is C14H20FN3O2S. The minimum Gasteiger partial charge on any atom is -0.297 e. The number of fused-ring (bicyclic) bond motifs is 1. The molecule has 2 saturated heterocycles. The Kier molecular flexibility index (Phi) is 3.98. The van der Waals surface area contributed by atoms with Gasteiger partial charge in [0, 0.05) is 31.4 Å². The Labute approximate surface area is 124 Å². The average Bonchev–Trinajstić information content (AvgIpc) is 2.93. The first kappa shape index (κ1) is 14.9. The van der Waals surface area contributed by atoms with Crippen LogP contribution in [0.2, 0.25) is 0 Å². The van der Waals surface area contributed by atoms with Gasteiger partial charge in [0.1, 0.15) is 10.7 Å². The quantitative estimate of drug-likeness (QED) is 0.848. The van der Waals surface area contributed by atoms with Crippen LogP contribution in [0.5, 0.6) is 0 Å². The highest BCUT2D eigenvalue weighted by Crippen LogP contribution is 2.30. The SMILES string of the molecule is CC[C@H]1CN2CCC[C@@H]2CN1S(=O)(=O)c1cncc(F)c1. The standard InChI is InChI=1S/C14H20FN3O2S/c1-2-12-9-17-5-3-4-13(17)10-18(12)21(19,20)14-6-11(15)7-16-8-14/h6-8,12-13H,2-5,9-10H2,1H3/t12-,13+/m0/s1. The topological polar surface area (TPSA) is 53.5 Å². The van der Waals surface area contributed by atoms with E-state index in [0.29, 0.717) is 12.6 Å². The first-order chi connectivity index (χ1) is 10.0. The van der Waals surface area contributed by atoms with E-state index < -0.39 is 15.8 Å². The first-order valence-electron chi connectivity index (χ1n) is 7.39. The van der Waals surface area contributed by atoms with Gasteiger partial charge in [0.2, 0.25) is 10.0 Å². The smallest absolute Gasteiger partial charge is 0.245 e. The molecule has 3 heterocycles. The molecule has 116 valence electrons. The number of rotatable bonds is 3. The summed E-state index contributed by atoms with van der Waals surface area (Å²) < 4.78 is 40.5. The molecule has 0 unspecified atom stereocenters. The van der Waals surface area contributed by atoms with E-state index in [-0.39, 0.29) is 10.9 Å². The van der Waals surface area contributed by atoms with Crippen LogP contribution in [-0.4, -0.2) is 54.3 Å². The van der Waals surface area contributed by atoms with Crippen molar-refractivity contribution in [3.8, 4) is 0 Å². The van der Waals surface area contributed by atoms with Gasteiger partial charge in [-0.25, -0.2) is 12.8 Å². The molecule has 2 aliphatic heterocycles. The fourth-order valence-electron chi connectivity index (χ4n) is 3.36. The number of hydrogen-bond donors (Lipinski definition) is 0. The molecule has 2 fully saturated rings. The number of sulfonamides is 1. The molecule has 1 aromatic heterocycles. The van der Waals surface area contributed by atoms with Crippen molar-refractivity contribution in [1.82, 2.24) is 14.2 Å². The van der Waals surface area contributed by atoms with Gasteiger partial charge in [0.25, 0.3) is 0 Å². The Morgan fingerprint density at radius 2 is 2.19 bits per heavy atom. The fraction of sp³-hybridized carbons (Fsp3) is 0.643. The third-order valence-electron chi connectivity index (χ3n) is 4.50. The molecule has 0 bridgehead atoms. The number of halogens is 1. The maximum atomic E-state index is 13.3. The van der Waals surface area contributed by atoms with Crippen LogP contribution in [0.3, 0.4) is 0 Å². The summed E-state index contributed by atoms with van der Waals surface area (Å²) >= 11 is 0. The second kappa shape index (κ2) is 5.62. The van der Waals surface area contributed by atoms with Gasteiger partial charge in [0.15, 0.2) is 0 Å². The van der Waals surface area contributed by atoms with Crippen molar-refractivity contribution in [3.05, 3.63) is 24.3 Å². The third-order valence-corrected chi connectivity index (χ3v) is 6.38. The van der Waals surface area contributed by atoms with E-state index in [1.165, 1.54) is 6.20 Å². The Morgan fingerprint density at radius 3 is 2.90 bits per heavy atom. The van der Waals surface area contributed by atoms with E-state index >= 15 is 0 Å². The zero-order chi connectivity index (χ0) is 15.0. The van der Waals surface area contributed by atoms with E-state index in [0.717, 1.165) is 44.6 Å². The molecule has 0 N–H and O–H groups in total. The van der Waals surface area contributed by atoms with Crippen LogP contribution in [-0.2, 0) is 10.0 Å². The molecule has 21 heavy (non-hydrogen) atoms. The molecule has 0 amide bonds. The summed E-state index contributed by atoms with van der Waals surface area (Å²) in [5, 5.41) is 0. The second-order valence-corrected chi connectivity index (χ2v) is 7.66. The summed E-state index contributed by atoms with van der Waals surface area (Å²) in [6, 6.07) is 1.30. The fourth-order valence-corrected chi connectivity index (χ4v) is 5.06. The summed E-state index contributed by atoms with van der Waals surface area (Å²) in [5.41, 5.74) is 0. The van der Waals surface area contributed by atoms with Crippen molar-refractivity contribution in [2.45, 2.75) is 43.2 Å². The summed E-state index contributed by atoms with van der Waals surface area (Å²) in [4.78, 5) is 6.00. The van der Waals surface area contributed by atoms with Crippen molar-refractivity contribution >= 4 is 10.0 Å². The van der Waals surface area contributed by atoms with Crippen LogP contribution in [0.25, 0.3) is 0 Å². The van der Waals surface area contributed by atoms with E-state index in [4.69, 9.17) is 0 Å². The summed E-state index contributed by atoms with van der Waals surface area (Å²) in [7, 11) is -3.68. The second-order valence-electron chi connectivity index (χ2n) is 5.77. The molecule has 7 heteroatoms. The van der Waals surface area contributed by atoms with Crippen LogP contribution in [0.4, 0.5) is 4.39 Å². The van der Waals surface area contributed by atoms with Gasteiger partial charge in [0.05, 0.1) is 6.20 Å². The molecular weight excluding hydrogens is 293 g/mol. The molecule has 1 aromatic rings. The van der Waals surface area contributed by atoms with Gasteiger partial charge in [-0.15, -0.1) is 0 Å². The number of nitrogens with zero attached hydrogens (tertiary/aromatic N) is 3. The van der Waals surface area contributed by atoms with Crippen LogP contribution in [0.15, 0.2) is 23.4 Å². The Bertz CT molecular complexity index is 622. The largest absolute Gasteiger partial charge is 0.297 e. The summed E-state index contributed by atoms with van der Waals surface area (Å²) in [6.45, 7) is 4.31. The van der Waals surface area contributed by atoms with Gasteiger partial charge in [-0.1, -0.05) is 6.92 Å². The van der Waals surface area contributed by atoms with Gasteiger partial charge in [-0.3, -0.25) is 9.88 Å². The predicted molar refractivity (Wildman–Crippen MR) is 76.8 cm³/mol. The third kappa shape index (κ3) is 2.69. The average molecular weight is 313 g/mol. The monoisotopic (exact) mass is 313 g/mol. The Morgan fingerprint density at radius 1 is 1.38 bits per heavy atom. The number of aromatic nitrogens is 1. The molecule has 0 radical (unpaired) electrons. The Hall–Kier alpha value is -1.05. The van der Waals surface area contributed by atoms with E-state index in [1.54, 1.807) is 4.31 Å². The first-order valence-corrected chi connectivity index (χ1v) is 8.83. The molecule has 0 aliphatic carbocycles. The Balaban J connectivity index is 1.92. The molecule has 2 aliphatic rings. The lowest BCUT2D eigenvalue weighted by Crippen LogP contribution is -2.57. The van der Waals surface area contributed by atoms with E-state index in [9.17, 15) is 12.8 Å². The lowest BCUT2D eigenvalue weighted by Gasteiger charge is -2.42. The van der Waals surface area contributed by atoms with Crippen molar-refractivity contribution in [2.75, 3.05) is 19.6 Å². The molecule has 0 aromatic carbocycles. The van der Waals surface area contributed by atoms with Crippen LogP contribution in [0.1, 0.15) is 26.2 Å². The molecule has 5 nitrogen and oxygen atoms in total. The zero-order valence-corrected chi connectivity index (χ0v) is 12.9. The normalized spacial score (nSPS) is 27.7. The summed E-state index contributed by atoms with van der Waals surface area (Å²) in [6.07, 6.45) is 5.16. The highest BCUT2D eigenvalue weighted by Gasteiger charge is 2.41. The van der Waals surface area contributed by atoms with E-state index in [2.05, 4.69) is 9.88 Å². The summed E-state index contributed by atoms with van der Waals surface area (Å²) in [5.74, 6) is -0.622. The molecule has 0 spiro atoms. The van der Waals surface area contributed by atoms with Crippen molar-refractivity contribution in [1.29, 1.82) is 0 Å². The van der Waals surface area contributed by atoms with Crippen molar-refractivity contribution in [3.63, 3.8) is 0 Å². The number of piperazine rings is 1. The molecule has 3 rings (SSSR count). The van der Waals surface area contributed by atoms with Crippen LogP contribution < -0.4 is 0 Å². The minimum absolute atomic E-state index is 0.0485. The van der Waals surface area contributed by atoms with Gasteiger partial charge in [-0.2, -0.15) is 4.31 Å². The zero-order valence-electron chi connectivity index (χ0n) is 12.1. The van der Waals surface area contributed by atoms with Crippen LogP contribution in [0, 0.1) is 5.82 Å². The number of hydrogen-bond acceptors (Lipinski definition) is 4. The molecule has 2 atom stereocenters. The highest BCUT2D eigenvalue weighted by molar-refractivity contribution is 7.89. The lowest BCUT2D eigenvalue weighted by atomic mass is 10.1. The van der Waals surface area contributed by atoms with Crippen molar-refractivity contribution < 1.29 is 12.8 Å². The highest BCUT2D eigenvalue weighted by atomic mass is 32.2. The van der Waals surface area contributed by atoms with Crippen LogP contribution >= 0.6 is 0 Å². The predicted octanol–water partition coefficient (Wildman–Crippen LogP) is 1.47. The molecule has 0 saturated carbocycles. The van der Waals surface area contributed by atoms with E-state index in [1.807, 2.05) is 6.92 Å². The van der Waals surface area contributed by atoms with Gasteiger partial charge < -0.3 is 0 Å². The van der Waals surface area contributed by atoms with Gasteiger partial charge in [-0.05, 0) is 31.9 Å².